The second-order valence-corrected chi connectivity index (χ2v) is 5.83. The Morgan fingerprint density at radius 2 is 2.22 bits per heavy atom. The maximum Gasteiger partial charge on any atom is 0.131 e. The van der Waals surface area contributed by atoms with Crippen LogP contribution in [0.25, 0.3) is 11.3 Å². The lowest BCUT2D eigenvalue weighted by Gasteiger charge is -2.10. The van der Waals surface area contributed by atoms with E-state index >= 15 is 0 Å². The van der Waals surface area contributed by atoms with Crippen molar-refractivity contribution in [1.82, 2.24) is 15.1 Å². The quantitative estimate of drug-likeness (QED) is 0.714. The van der Waals surface area contributed by atoms with Crippen LogP contribution in [-0.2, 0) is 6.54 Å². The molecule has 1 atom stereocenters. The molecule has 3 rings (SSSR count). The van der Waals surface area contributed by atoms with Gasteiger partial charge in [-0.25, -0.2) is 4.68 Å². The number of nitrogen functional groups attached to an aromatic ring is 1. The molecule has 1 fully saturated rings. The summed E-state index contributed by atoms with van der Waals surface area (Å²) in [6.07, 6.45) is 4.74. The first kappa shape index (κ1) is 15.6. The number of ether oxygens (including phenoxy) is 1. The van der Waals surface area contributed by atoms with Crippen molar-refractivity contribution in [3.63, 3.8) is 0 Å². The summed E-state index contributed by atoms with van der Waals surface area (Å²) in [6.45, 7) is 1.86. The van der Waals surface area contributed by atoms with Crippen LogP contribution in [0.4, 0.5) is 5.82 Å². The molecule has 6 heteroatoms. The van der Waals surface area contributed by atoms with Gasteiger partial charge in [0.2, 0.25) is 0 Å². The number of rotatable bonds is 6. The predicted molar refractivity (Wildman–Crippen MR) is 92.2 cm³/mol. The van der Waals surface area contributed by atoms with Gasteiger partial charge in [-0.1, -0.05) is 0 Å². The average molecular weight is 313 g/mol. The summed E-state index contributed by atoms with van der Waals surface area (Å²) < 4.78 is 7.00. The van der Waals surface area contributed by atoms with Crippen LogP contribution in [-0.4, -0.2) is 35.7 Å². The van der Waals surface area contributed by atoms with Crippen molar-refractivity contribution in [2.45, 2.75) is 31.8 Å². The molecule has 1 aromatic heterocycles. The fourth-order valence-corrected chi connectivity index (χ4v) is 3.04. The van der Waals surface area contributed by atoms with Crippen molar-refractivity contribution >= 4 is 12.0 Å². The summed E-state index contributed by atoms with van der Waals surface area (Å²) in [7, 11) is 1.64. The fraction of sp³-hybridized carbons (Fsp3) is 0.412. The maximum absolute atomic E-state index is 7.67. The first-order valence-corrected chi connectivity index (χ1v) is 7.97. The van der Waals surface area contributed by atoms with Crippen molar-refractivity contribution in [1.29, 1.82) is 5.41 Å². The third kappa shape index (κ3) is 3.22. The number of methoxy groups -OCH3 is 1. The predicted octanol–water partition coefficient (Wildman–Crippen LogP) is 2.28. The van der Waals surface area contributed by atoms with Gasteiger partial charge in [0.05, 0.1) is 12.7 Å². The lowest BCUT2D eigenvalue weighted by molar-refractivity contribution is 0.415. The van der Waals surface area contributed by atoms with E-state index in [-0.39, 0.29) is 0 Å². The lowest BCUT2D eigenvalue weighted by atomic mass is 10.1. The Morgan fingerprint density at radius 1 is 1.43 bits per heavy atom. The minimum absolute atomic E-state index is 0.548. The average Bonchev–Trinajstić information content (AvgIpc) is 3.21. The van der Waals surface area contributed by atoms with Crippen LogP contribution in [0.1, 0.15) is 24.8 Å². The summed E-state index contributed by atoms with van der Waals surface area (Å²) in [5, 5.41) is 15.8. The molecule has 23 heavy (non-hydrogen) atoms. The van der Waals surface area contributed by atoms with Gasteiger partial charge >= 0.3 is 0 Å². The standard InChI is InChI=1S/C17H23N5O/c1-23-14-6-4-12(5-7-14)16-15(11-18)17(19)22(21-16)10-8-13-3-2-9-20-13/h4-7,11,13,18,20H,2-3,8-10,19H2,1H3. The molecule has 1 aliphatic heterocycles. The van der Waals surface area contributed by atoms with Gasteiger partial charge < -0.3 is 21.2 Å². The molecular weight excluding hydrogens is 290 g/mol. The Hall–Kier alpha value is -2.34. The molecule has 0 spiro atoms. The van der Waals surface area contributed by atoms with E-state index in [1.165, 1.54) is 19.1 Å². The minimum atomic E-state index is 0.548. The van der Waals surface area contributed by atoms with Crippen LogP contribution >= 0.6 is 0 Å². The van der Waals surface area contributed by atoms with Crippen LogP contribution < -0.4 is 15.8 Å². The number of benzene rings is 1. The highest BCUT2D eigenvalue weighted by molar-refractivity contribution is 5.92. The smallest absolute Gasteiger partial charge is 0.131 e. The van der Waals surface area contributed by atoms with Crippen LogP contribution in [0.15, 0.2) is 24.3 Å². The monoisotopic (exact) mass is 313 g/mol. The van der Waals surface area contributed by atoms with E-state index < -0.39 is 0 Å². The summed E-state index contributed by atoms with van der Waals surface area (Å²) in [5.74, 6) is 1.36. The molecule has 1 unspecified atom stereocenters. The zero-order valence-electron chi connectivity index (χ0n) is 13.4. The number of hydrogen-bond acceptors (Lipinski definition) is 5. The highest BCUT2D eigenvalue weighted by Gasteiger charge is 2.18. The topological polar surface area (TPSA) is 88.9 Å². The molecule has 2 heterocycles. The molecule has 6 nitrogen and oxygen atoms in total. The molecule has 0 saturated carbocycles. The molecular formula is C17H23N5O. The van der Waals surface area contributed by atoms with Gasteiger partial charge in [0.25, 0.3) is 0 Å². The second-order valence-electron chi connectivity index (χ2n) is 5.83. The van der Waals surface area contributed by atoms with E-state index in [2.05, 4.69) is 10.4 Å². The normalized spacial score (nSPS) is 17.3. The largest absolute Gasteiger partial charge is 0.497 e. The van der Waals surface area contributed by atoms with Crippen molar-refractivity contribution in [3.05, 3.63) is 29.8 Å². The summed E-state index contributed by atoms with van der Waals surface area (Å²) in [6, 6.07) is 8.21. The molecule has 0 aliphatic carbocycles. The van der Waals surface area contributed by atoms with Gasteiger partial charge in [0.15, 0.2) is 0 Å². The van der Waals surface area contributed by atoms with E-state index in [1.54, 1.807) is 7.11 Å². The molecule has 0 amide bonds. The number of nitrogens with two attached hydrogens (primary N) is 1. The number of aryl methyl sites for hydroxylation is 1. The Kier molecular flexibility index (Phi) is 4.62. The van der Waals surface area contributed by atoms with Gasteiger partial charge in [0.1, 0.15) is 17.3 Å². The third-order valence-electron chi connectivity index (χ3n) is 4.39. The van der Waals surface area contributed by atoms with E-state index in [0.717, 1.165) is 36.5 Å². The molecule has 0 radical (unpaired) electrons. The summed E-state index contributed by atoms with van der Waals surface area (Å²) >= 11 is 0. The van der Waals surface area contributed by atoms with Crippen molar-refractivity contribution in [2.75, 3.05) is 19.4 Å². The van der Waals surface area contributed by atoms with Crippen LogP contribution in [0.3, 0.4) is 0 Å². The number of aromatic nitrogens is 2. The van der Waals surface area contributed by atoms with Gasteiger partial charge in [-0.05, 0) is 50.1 Å². The van der Waals surface area contributed by atoms with E-state index in [1.807, 2.05) is 28.9 Å². The van der Waals surface area contributed by atoms with Crippen molar-refractivity contribution in [3.8, 4) is 17.0 Å². The molecule has 2 aromatic rings. The number of nitrogens with zero attached hydrogens (tertiary/aromatic N) is 2. The second kappa shape index (κ2) is 6.83. The Bertz CT molecular complexity index is 671. The van der Waals surface area contributed by atoms with Crippen molar-refractivity contribution < 1.29 is 4.74 Å². The Balaban J connectivity index is 1.84. The van der Waals surface area contributed by atoms with Gasteiger partial charge in [-0.2, -0.15) is 5.10 Å². The van der Waals surface area contributed by atoms with Crippen LogP contribution in [0.2, 0.25) is 0 Å². The zero-order chi connectivity index (χ0) is 16.2. The van der Waals surface area contributed by atoms with E-state index in [4.69, 9.17) is 15.9 Å². The SMILES string of the molecule is COc1ccc(-c2nn(CCC3CCCN3)c(N)c2C=N)cc1. The first-order chi connectivity index (χ1) is 11.2. The Morgan fingerprint density at radius 3 is 2.83 bits per heavy atom. The third-order valence-corrected chi connectivity index (χ3v) is 4.39. The first-order valence-electron chi connectivity index (χ1n) is 7.97. The molecule has 1 aromatic carbocycles. The van der Waals surface area contributed by atoms with Crippen LogP contribution in [0.5, 0.6) is 5.75 Å². The van der Waals surface area contributed by atoms with E-state index in [0.29, 0.717) is 17.4 Å². The summed E-state index contributed by atoms with van der Waals surface area (Å²) in [5.41, 5.74) is 8.56. The number of hydrogen-bond donors (Lipinski definition) is 3. The van der Waals surface area contributed by atoms with Crippen molar-refractivity contribution in [2.24, 2.45) is 0 Å². The fourth-order valence-electron chi connectivity index (χ4n) is 3.04. The van der Waals surface area contributed by atoms with Gasteiger partial charge in [-0.3, -0.25) is 0 Å². The molecule has 122 valence electrons. The minimum Gasteiger partial charge on any atom is -0.497 e. The van der Waals surface area contributed by atoms with Gasteiger partial charge in [0, 0.05) is 24.4 Å². The molecule has 0 bridgehead atoms. The number of nitrogens with one attached hydrogen (secondary N) is 2. The summed E-state index contributed by atoms with van der Waals surface area (Å²) in [4.78, 5) is 0. The Labute approximate surface area is 136 Å². The van der Waals surface area contributed by atoms with E-state index in [9.17, 15) is 0 Å². The van der Waals surface area contributed by atoms with Gasteiger partial charge in [-0.15, -0.1) is 0 Å². The molecule has 1 aliphatic rings. The molecule has 4 N–H and O–H groups in total. The highest BCUT2D eigenvalue weighted by Crippen LogP contribution is 2.27. The molecule has 1 saturated heterocycles. The highest BCUT2D eigenvalue weighted by atomic mass is 16.5. The number of anilines is 1. The maximum atomic E-state index is 7.67. The van der Waals surface area contributed by atoms with Crippen LogP contribution in [0, 0.1) is 5.41 Å². The lowest BCUT2D eigenvalue weighted by Crippen LogP contribution is -2.23. The zero-order valence-corrected chi connectivity index (χ0v) is 13.4.